The number of nitrogens with zero attached hydrogens (tertiary/aromatic N) is 2. The minimum Gasteiger partial charge on any atom is -0.480 e. The molecule has 0 aliphatic carbocycles. The zero-order valence-electron chi connectivity index (χ0n) is 10.5. The van der Waals surface area contributed by atoms with Gasteiger partial charge in [0.25, 0.3) is 5.91 Å². The zero-order valence-corrected chi connectivity index (χ0v) is 10.5. The largest absolute Gasteiger partial charge is 0.480 e. The van der Waals surface area contributed by atoms with Crippen LogP contribution in [-0.2, 0) is 4.79 Å². The van der Waals surface area contributed by atoms with Crippen molar-refractivity contribution >= 4 is 22.8 Å². The second-order valence-electron chi connectivity index (χ2n) is 4.10. The average Bonchev–Trinajstić information content (AvgIpc) is 2.43. The van der Waals surface area contributed by atoms with Crippen LogP contribution in [0.3, 0.4) is 0 Å². The lowest BCUT2D eigenvalue weighted by molar-refractivity contribution is -0.137. The lowest BCUT2D eigenvalue weighted by Crippen LogP contribution is -2.35. The van der Waals surface area contributed by atoms with Gasteiger partial charge in [0.1, 0.15) is 12.2 Å². The molecule has 5 nitrogen and oxygen atoms in total. The Bertz CT molecular complexity index is 625. The van der Waals surface area contributed by atoms with E-state index in [4.69, 9.17) is 5.11 Å². The van der Waals surface area contributed by atoms with Crippen molar-refractivity contribution in [2.75, 3.05) is 13.1 Å². The first-order valence-corrected chi connectivity index (χ1v) is 5.98. The number of carboxylic acid groups (broad SMARTS) is 1. The highest BCUT2D eigenvalue weighted by molar-refractivity contribution is 5.96. The van der Waals surface area contributed by atoms with Crippen LogP contribution in [0.25, 0.3) is 10.9 Å². The fourth-order valence-electron chi connectivity index (χ4n) is 1.84. The predicted molar refractivity (Wildman–Crippen MR) is 71.0 cm³/mol. The molecule has 2 aromatic rings. The van der Waals surface area contributed by atoms with E-state index < -0.39 is 5.97 Å². The van der Waals surface area contributed by atoms with Crippen molar-refractivity contribution in [3.8, 4) is 0 Å². The Balaban J connectivity index is 2.32. The van der Waals surface area contributed by atoms with Gasteiger partial charge in [-0.2, -0.15) is 0 Å². The average molecular weight is 258 g/mol. The highest BCUT2D eigenvalue weighted by atomic mass is 16.4. The van der Waals surface area contributed by atoms with Crippen molar-refractivity contribution in [3.05, 3.63) is 42.1 Å². The van der Waals surface area contributed by atoms with Crippen molar-refractivity contribution < 1.29 is 14.7 Å². The summed E-state index contributed by atoms with van der Waals surface area (Å²) >= 11 is 0. The van der Waals surface area contributed by atoms with Crippen LogP contribution < -0.4 is 0 Å². The van der Waals surface area contributed by atoms with Crippen molar-refractivity contribution in [1.29, 1.82) is 0 Å². The molecule has 0 bridgehead atoms. The third-order valence-electron chi connectivity index (χ3n) is 2.81. The monoisotopic (exact) mass is 258 g/mol. The molecule has 0 saturated carbocycles. The number of aromatic nitrogens is 1. The van der Waals surface area contributed by atoms with Gasteiger partial charge in [0.15, 0.2) is 0 Å². The normalized spacial score (nSPS) is 10.4. The third-order valence-corrected chi connectivity index (χ3v) is 2.81. The predicted octanol–water partition coefficient (Wildman–Crippen LogP) is 1.78. The lowest BCUT2D eigenvalue weighted by Gasteiger charge is -2.18. The number of hydrogen-bond acceptors (Lipinski definition) is 3. The number of carbonyl (C=O) groups is 2. The summed E-state index contributed by atoms with van der Waals surface area (Å²) in [4.78, 5) is 28.4. The van der Waals surface area contributed by atoms with Gasteiger partial charge in [-0.25, -0.2) is 4.98 Å². The number of fused-ring (bicyclic) bond motifs is 1. The van der Waals surface area contributed by atoms with Gasteiger partial charge in [-0.15, -0.1) is 0 Å². The molecule has 1 aromatic heterocycles. The third kappa shape index (κ3) is 2.88. The smallest absolute Gasteiger partial charge is 0.323 e. The molecule has 98 valence electrons. The second-order valence-corrected chi connectivity index (χ2v) is 4.10. The van der Waals surface area contributed by atoms with Gasteiger partial charge >= 0.3 is 5.97 Å². The number of amides is 1. The molecule has 0 fully saturated rings. The van der Waals surface area contributed by atoms with E-state index in [-0.39, 0.29) is 18.1 Å². The number of para-hydroxylation sites is 1. The fraction of sp³-hybridized carbons (Fsp3) is 0.214. The first-order valence-electron chi connectivity index (χ1n) is 5.98. The minimum atomic E-state index is -1.03. The van der Waals surface area contributed by atoms with Crippen LogP contribution in [0.15, 0.2) is 36.4 Å². The molecule has 0 atom stereocenters. The Kier molecular flexibility index (Phi) is 3.75. The van der Waals surface area contributed by atoms with Crippen molar-refractivity contribution in [2.24, 2.45) is 0 Å². The molecule has 0 aliphatic heterocycles. The van der Waals surface area contributed by atoms with Crippen LogP contribution in [0.2, 0.25) is 0 Å². The van der Waals surface area contributed by atoms with Gasteiger partial charge in [0, 0.05) is 11.9 Å². The zero-order chi connectivity index (χ0) is 13.8. The topological polar surface area (TPSA) is 70.5 Å². The molecule has 0 radical (unpaired) electrons. The van der Waals surface area contributed by atoms with Crippen LogP contribution in [0.1, 0.15) is 17.4 Å². The molecule has 19 heavy (non-hydrogen) atoms. The van der Waals surface area contributed by atoms with Crippen LogP contribution in [0.4, 0.5) is 0 Å². The number of benzene rings is 1. The van der Waals surface area contributed by atoms with Gasteiger partial charge in [0.2, 0.25) is 0 Å². The highest BCUT2D eigenvalue weighted by Gasteiger charge is 2.18. The van der Waals surface area contributed by atoms with Crippen LogP contribution >= 0.6 is 0 Å². The summed E-state index contributed by atoms with van der Waals surface area (Å²) in [5.41, 5.74) is 0.988. The molecule has 0 aliphatic rings. The van der Waals surface area contributed by atoms with Crippen molar-refractivity contribution in [1.82, 2.24) is 9.88 Å². The van der Waals surface area contributed by atoms with Gasteiger partial charge in [-0.05, 0) is 19.1 Å². The standard InChI is InChI=1S/C14H14N2O3/c1-2-16(9-13(17)18)14(19)12-8-7-10-5-3-4-6-11(10)15-12/h3-8H,2,9H2,1H3,(H,17,18). The van der Waals surface area contributed by atoms with E-state index in [1.165, 1.54) is 4.90 Å². The summed E-state index contributed by atoms with van der Waals surface area (Å²) in [6.07, 6.45) is 0. The molecular weight excluding hydrogens is 244 g/mol. The number of aliphatic carboxylic acids is 1. The Labute approximate surface area is 110 Å². The van der Waals surface area contributed by atoms with E-state index in [1.54, 1.807) is 13.0 Å². The van der Waals surface area contributed by atoms with Crippen LogP contribution in [-0.4, -0.2) is 40.0 Å². The van der Waals surface area contributed by atoms with Gasteiger partial charge in [-0.3, -0.25) is 9.59 Å². The molecule has 5 heteroatoms. The molecule has 0 saturated heterocycles. The van der Waals surface area contributed by atoms with E-state index >= 15 is 0 Å². The van der Waals surface area contributed by atoms with E-state index in [1.807, 2.05) is 30.3 Å². The van der Waals surface area contributed by atoms with Gasteiger partial charge in [0.05, 0.1) is 5.52 Å². The summed E-state index contributed by atoms with van der Waals surface area (Å²) in [5, 5.41) is 9.71. The molecule has 1 heterocycles. The summed E-state index contributed by atoms with van der Waals surface area (Å²) in [6.45, 7) is 1.76. The maximum absolute atomic E-state index is 12.2. The number of likely N-dealkylation sites (N-methyl/N-ethyl adjacent to an activating group) is 1. The van der Waals surface area contributed by atoms with E-state index in [9.17, 15) is 9.59 Å². The number of pyridine rings is 1. The van der Waals surface area contributed by atoms with E-state index in [2.05, 4.69) is 4.98 Å². The Morgan fingerprint density at radius 3 is 2.63 bits per heavy atom. The number of carbonyl (C=O) groups excluding carboxylic acids is 1. The minimum absolute atomic E-state index is 0.266. The molecule has 1 amide bonds. The maximum atomic E-state index is 12.2. The SMILES string of the molecule is CCN(CC(=O)O)C(=O)c1ccc2ccccc2n1. The Morgan fingerprint density at radius 2 is 1.95 bits per heavy atom. The molecule has 0 unspecified atom stereocenters. The van der Waals surface area contributed by atoms with Crippen molar-refractivity contribution in [3.63, 3.8) is 0 Å². The second kappa shape index (κ2) is 5.48. The Hall–Kier alpha value is -2.43. The van der Waals surface area contributed by atoms with Gasteiger partial charge in [-0.1, -0.05) is 24.3 Å². The highest BCUT2D eigenvalue weighted by Crippen LogP contribution is 2.13. The molecule has 1 N–H and O–H groups in total. The maximum Gasteiger partial charge on any atom is 0.323 e. The summed E-state index contributed by atoms with van der Waals surface area (Å²) in [5.74, 6) is -1.40. The lowest BCUT2D eigenvalue weighted by atomic mass is 10.2. The van der Waals surface area contributed by atoms with Crippen LogP contribution in [0.5, 0.6) is 0 Å². The summed E-state index contributed by atoms with van der Waals surface area (Å²) < 4.78 is 0. The summed E-state index contributed by atoms with van der Waals surface area (Å²) in [6, 6.07) is 10.9. The van der Waals surface area contributed by atoms with Gasteiger partial charge < -0.3 is 10.0 Å². The molecule has 0 spiro atoms. The Morgan fingerprint density at radius 1 is 1.21 bits per heavy atom. The number of carboxylic acids is 1. The molecule has 1 aromatic carbocycles. The van der Waals surface area contributed by atoms with Crippen molar-refractivity contribution in [2.45, 2.75) is 6.92 Å². The molecular formula is C14H14N2O3. The van der Waals surface area contributed by atoms with E-state index in [0.29, 0.717) is 6.54 Å². The fourth-order valence-corrected chi connectivity index (χ4v) is 1.84. The quantitative estimate of drug-likeness (QED) is 0.907. The summed E-state index contributed by atoms with van der Waals surface area (Å²) in [7, 11) is 0. The molecule has 2 rings (SSSR count). The van der Waals surface area contributed by atoms with E-state index in [0.717, 1.165) is 10.9 Å². The van der Waals surface area contributed by atoms with Crippen LogP contribution in [0, 0.1) is 0 Å². The number of hydrogen-bond donors (Lipinski definition) is 1. The first-order chi connectivity index (χ1) is 9.11. The number of rotatable bonds is 4. The first kappa shape index (κ1) is 13.0.